The molecule has 1 aliphatic rings. The van der Waals surface area contributed by atoms with Gasteiger partial charge in [0, 0.05) is 25.6 Å². The summed E-state index contributed by atoms with van der Waals surface area (Å²) in [4.78, 5) is 24.6. The number of aliphatic carboxylic acids is 1. The summed E-state index contributed by atoms with van der Waals surface area (Å²) in [7, 11) is 0. The molecule has 2 unspecified atom stereocenters. The summed E-state index contributed by atoms with van der Waals surface area (Å²) in [6.07, 6.45) is 2.91. The van der Waals surface area contributed by atoms with Crippen molar-refractivity contribution in [2.45, 2.75) is 52.5 Å². The van der Waals surface area contributed by atoms with E-state index in [4.69, 9.17) is 5.11 Å². The summed E-state index contributed by atoms with van der Waals surface area (Å²) in [5, 5.41) is 11.8. The minimum Gasteiger partial charge on any atom is -0.481 e. The van der Waals surface area contributed by atoms with Crippen molar-refractivity contribution in [2.75, 3.05) is 13.1 Å². The van der Waals surface area contributed by atoms with E-state index >= 15 is 0 Å². The van der Waals surface area contributed by atoms with Gasteiger partial charge in [0.05, 0.1) is 0 Å². The summed E-state index contributed by atoms with van der Waals surface area (Å²) >= 11 is 0. The van der Waals surface area contributed by atoms with Gasteiger partial charge in [-0.25, -0.2) is 4.79 Å². The maximum Gasteiger partial charge on any atom is 0.317 e. The Bertz CT molecular complexity index is 318. The van der Waals surface area contributed by atoms with E-state index in [0.29, 0.717) is 12.5 Å². The molecule has 1 aliphatic heterocycles. The van der Waals surface area contributed by atoms with Gasteiger partial charge in [-0.1, -0.05) is 13.8 Å². The van der Waals surface area contributed by atoms with Crippen LogP contribution in [0.3, 0.4) is 0 Å². The van der Waals surface area contributed by atoms with Crippen molar-refractivity contribution in [3.05, 3.63) is 0 Å². The van der Waals surface area contributed by atoms with Gasteiger partial charge in [-0.15, -0.1) is 0 Å². The summed E-state index contributed by atoms with van der Waals surface area (Å²) < 4.78 is 0. The molecule has 1 fully saturated rings. The van der Waals surface area contributed by atoms with E-state index in [-0.39, 0.29) is 24.4 Å². The monoisotopic (exact) mass is 270 g/mol. The molecule has 0 saturated carbocycles. The second-order valence-electron chi connectivity index (χ2n) is 6.03. The number of rotatable bonds is 5. The van der Waals surface area contributed by atoms with Gasteiger partial charge >= 0.3 is 12.0 Å². The number of carboxylic acids is 1. The van der Waals surface area contributed by atoms with Gasteiger partial charge in [0.2, 0.25) is 0 Å². The standard InChI is InChI=1S/C14H26N2O3/c1-10(2)7-11(3)15-14(19)16-6-4-5-12(9-16)8-13(17)18/h10-12H,4-9H2,1-3H3,(H,15,19)(H,17,18). The number of urea groups is 1. The van der Waals surface area contributed by atoms with Gasteiger partial charge < -0.3 is 15.3 Å². The minimum atomic E-state index is -0.777. The molecule has 2 N–H and O–H groups in total. The second kappa shape index (κ2) is 7.36. The van der Waals surface area contributed by atoms with Gasteiger partial charge in [0.15, 0.2) is 0 Å². The van der Waals surface area contributed by atoms with Crippen molar-refractivity contribution in [2.24, 2.45) is 11.8 Å². The third-order valence-electron chi connectivity index (χ3n) is 3.46. The minimum absolute atomic E-state index is 0.0526. The lowest BCUT2D eigenvalue weighted by Crippen LogP contribution is -2.48. The highest BCUT2D eigenvalue weighted by atomic mass is 16.4. The van der Waals surface area contributed by atoms with Crippen LogP contribution in [0, 0.1) is 11.8 Å². The van der Waals surface area contributed by atoms with Crippen molar-refractivity contribution in [3.8, 4) is 0 Å². The number of likely N-dealkylation sites (tertiary alicyclic amines) is 1. The van der Waals surface area contributed by atoms with Crippen LogP contribution in [0.2, 0.25) is 0 Å². The number of carbonyl (C=O) groups excluding carboxylic acids is 1. The molecule has 19 heavy (non-hydrogen) atoms. The number of hydrogen-bond donors (Lipinski definition) is 2. The maximum atomic E-state index is 12.1. The van der Waals surface area contributed by atoms with Gasteiger partial charge in [-0.05, 0) is 38.0 Å². The lowest BCUT2D eigenvalue weighted by Gasteiger charge is -2.33. The Morgan fingerprint density at radius 2 is 2.05 bits per heavy atom. The average molecular weight is 270 g/mol. The largest absolute Gasteiger partial charge is 0.481 e. The summed E-state index contributed by atoms with van der Waals surface area (Å²) in [6, 6.07) is 0.107. The fraction of sp³-hybridized carbons (Fsp3) is 0.857. The predicted molar refractivity (Wildman–Crippen MR) is 74.0 cm³/mol. The Kier molecular flexibility index (Phi) is 6.12. The van der Waals surface area contributed by atoms with Gasteiger partial charge in [0.25, 0.3) is 0 Å². The highest BCUT2D eigenvalue weighted by Crippen LogP contribution is 2.19. The number of nitrogens with one attached hydrogen (secondary N) is 1. The zero-order valence-electron chi connectivity index (χ0n) is 12.2. The van der Waals surface area contributed by atoms with Crippen LogP contribution in [0.15, 0.2) is 0 Å². The molecule has 1 rings (SSSR count). The average Bonchev–Trinajstić information content (AvgIpc) is 2.27. The molecular weight excluding hydrogens is 244 g/mol. The SMILES string of the molecule is CC(C)CC(C)NC(=O)N1CCCC(CC(=O)O)C1. The van der Waals surface area contributed by atoms with Crippen molar-refractivity contribution in [3.63, 3.8) is 0 Å². The molecule has 2 atom stereocenters. The Hall–Kier alpha value is -1.26. The Balaban J connectivity index is 2.41. The first-order valence-electron chi connectivity index (χ1n) is 7.15. The highest BCUT2D eigenvalue weighted by molar-refractivity contribution is 5.74. The zero-order valence-corrected chi connectivity index (χ0v) is 12.2. The van der Waals surface area contributed by atoms with E-state index in [0.717, 1.165) is 25.8 Å². The highest BCUT2D eigenvalue weighted by Gasteiger charge is 2.25. The number of piperidine rings is 1. The number of carboxylic acid groups (broad SMARTS) is 1. The second-order valence-corrected chi connectivity index (χ2v) is 6.03. The first-order chi connectivity index (χ1) is 8.88. The molecule has 0 aromatic heterocycles. The van der Waals surface area contributed by atoms with Crippen LogP contribution in [0.25, 0.3) is 0 Å². The summed E-state index contributed by atoms with van der Waals surface area (Å²) in [5.41, 5.74) is 0. The molecule has 0 bridgehead atoms. The first-order valence-corrected chi connectivity index (χ1v) is 7.15. The van der Waals surface area contributed by atoms with Crippen molar-refractivity contribution >= 4 is 12.0 Å². The molecule has 0 spiro atoms. The molecule has 0 aromatic carbocycles. The molecule has 5 nitrogen and oxygen atoms in total. The molecule has 5 heteroatoms. The third kappa shape index (κ3) is 5.94. The van der Waals surface area contributed by atoms with E-state index in [1.807, 2.05) is 6.92 Å². The molecule has 0 radical (unpaired) electrons. The van der Waals surface area contributed by atoms with Gasteiger partial charge in [-0.2, -0.15) is 0 Å². The summed E-state index contributed by atoms with van der Waals surface area (Å²) in [5.74, 6) is -0.130. The van der Waals surface area contributed by atoms with E-state index in [1.54, 1.807) is 4.90 Å². The van der Waals surface area contributed by atoms with Crippen LogP contribution in [0.1, 0.15) is 46.5 Å². The third-order valence-corrected chi connectivity index (χ3v) is 3.46. The van der Waals surface area contributed by atoms with Gasteiger partial charge in [0.1, 0.15) is 0 Å². The number of nitrogens with zero attached hydrogens (tertiary/aromatic N) is 1. The predicted octanol–water partition coefficient (Wildman–Crippen LogP) is 2.32. The Morgan fingerprint density at radius 3 is 2.63 bits per heavy atom. The normalized spacial score (nSPS) is 21.3. The smallest absolute Gasteiger partial charge is 0.317 e. The van der Waals surface area contributed by atoms with Gasteiger partial charge in [-0.3, -0.25) is 4.79 Å². The zero-order chi connectivity index (χ0) is 14.4. The van der Waals surface area contributed by atoms with E-state index in [9.17, 15) is 9.59 Å². The maximum absolute atomic E-state index is 12.1. The van der Waals surface area contributed by atoms with Crippen molar-refractivity contribution in [1.82, 2.24) is 10.2 Å². The number of amides is 2. The lowest BCUT2D eigenvalue weighted by atomic mass is 9.95. The number of hydrogen-bond acceptors (Lipinski definition) is 2. The molecule has 1 heterocycles. The van der Waals surface area contributed by atoms with Crippen molar-refractivity contribution < 1.29 is 14.7 Å². The van der Waals surface area contributed by atoms with Crippen LogP contribution in [-0.2, 0) is 4.79 Å². The van der Waals surface area contributed by atoms with Crippen LogP contribution >= 0.6 is 0 Å². The molecule has 2 amide bonds. The topological polar surface area (TPSA) is 69.6 Å². The molecule has 1 saturated heterocycles. The fourth-order valence-corrected chi connectivity index (χ4v) is 2.73. The Morgan fingerprint density at radius 1 is 1.37 bits per heavy atom. The first kappa shape index (κ1) is 15.8. The van der Waals surface area contributed by atoms with Crippen LogP contribution in [0.5, 0.6) is 0 Å². The molecule has 0 aliphatic carbocycles. The number of carbonyl (C=O) groups is 2. The quantitative estimate of drug-likeness (QED) is 0.805. The molecule has 0 aromatic rings. The van der Waals surface area contributed by atoms with E-state index in [2.05, 4.69) is 19.2 Å². The Labute approximate surface area is 115 Å². The van der Waals surface area contributed by atoms with Crippen LogP contribution in [-0.4, -0.2) is 41.1 Å². The molecular formula is C14H26N2O3. The van der Waals surface area contributed by atoms with E-state index in [1.165, 1.54) is 0 Å². The summed E-state index contributed by atoms with van der Waals surface area (Å²) in [6.45, 7) is 7.57. The van der Waals surface area contributed by atoms with Crippen LogP contribution in [0.4, 0.5) is 4.79 Å². The van der Waals surface area contributed by atoms with Crippen molar-refractivity contribution in [1.29, 1.82) is 0 Å². The lowest BCUT2D eigenvalue weighted by molar-refractivity contribution is -0.138. The molecule has 110 valence electrons. The van der Waals surface area contributed by atoms with Crippen LogP contribution < -0.4 is 5.32 Å². The fourth-order valence-electron chi connectivity index (χ4n) is 2.73. The van der Waals surface area contributed by atoms with E-state index < -0.39 is 5.97 Å².